The van der Waals surface area contributed by atoms with Crippen LogP contribution >= 0.6 is 0 Å². The minimum Gasteiger partial charge on any atom is -0.464 e. The Morgan fingerprint density at radius 1 is 1.26 bits per heavy atom. The molecule has 0 bridgehead atoms. The number of aromatic nitrogens is 2. The van der Waals surface area contributed by atoms with Crippen molar-refractivity contribution < 1.29 is 18.3 Å². The van der Waals surface area contributed by atoms with Gasteiger partial charge in [0.1, 0.15) is 0 Å². The van der Waals surface area contributed by atoms with Gasteiger partial charge in [0.2, 0.25) is 11.1 Å². The normalized spacial score (nSPS) is 10.3. The molecule has 0 fully saturated rings. The van der Waals surface area contributed by atoms with Crippen molar-refractivity contribution >= 4 is 5.97 Å². The van der Waals surface area contributed by atoms with Crippen LogP contribution in [0, 0.1) is 11.6 Å². The molecule has 19 heavy (non-hydrogen) atoms. The van der Waals surface area contributed by atoms with Crippen LogP contribution in [-0.4, -0.2) is 22.9 Å². The Bertz CT molecular complexity index is 698. The SMILES string of the molecule is COC(=O)c1nn(-c2ccc(F)c(F)c2)ccc1=O. The molecule has 2 aromatic rings. The number of hydrogen-bond donors (Lipinski definition) is 0. The van der Waals surface area contributed by atoms with E-state index in [0.717, 1.165) is 30.0 Å². The highest BCUT2D eigenvalue weighted by Gasteiger charge is 2.14. The monoisotopic (exact) mass is 266 g/mol. The van der Waals surface area contributed by atoms with Gasteiger partial charge in [0.25, 0.3) is 0 Å². The van der Waals surface area contributed by atoms with Crippen molar-refractivity contribution in [3.05, 3.63) is 58.0 Å². The molecule has 1 aromatic heterocycles. The molecule has 1 aromatic carbocycles. The lowest BCUT2D eigenvalue weighted by Crippen LogP contribution is -2.21. The fourth-order valence-corrected chi connectivity index (χ4v) is 1.42. The maximum Gasteiger partial charge on any atom is 0.362 e. The van der Waals surface area contributed by atoms with Crippen LogP contribution in [0.25, 0.3) is 5.69 Å². The van der Waals surface area contributed by atoms with E-state index in [1.165, 1.54) is 12.3 Å². The summed E-state index contributed by atoms with van der Waals surface area (Å²) < 4.78 is 31.4. The molecule has 0 saturated carbocycles. The van der Waals surface area contributed by atoms with Crippen LogP contribution in [0.4, 0.5) is 8.78 Å². The second-order valence-electron chi connectivity index (χ2n) is 3.56. The highest BCUT2D eigenvalue weighted by molar-refractivity contribution is 5.86. The molecule has 0 N–H and O–H groups in total. The van der Waals surface area contributed by atoms with Crippen LogP contribution in [0.1, 0.15) is 10.5 Å². The Kier molecular flexibility index (Phi) is 3.37. The maximum absolute atomic E-state index is 13.1. The number of ether oxygens (including phenoxy) is 1. The molecule has 5 nitrogen and oxygen atoms in total. The molecule has 0 aliphatic carbocycles. The Balaban J connectivity index is 2.54. The van der Waals surface area contributed by atoms with E-state index in [1.54, 1.807) is 0 Å². The van der Waals surface area contributed by atoms with E-state index in [1.807, 2.05) is 0 Å². The number of rotatable bonds is 2. The number of esters is 1. The summed E-state index contributed by atoms with van der Waals surface area (Å²) in [6.45, 7) is 0. The lowest BCUT2D eigenvalue weighted by molar-refractivity contribution is 0.0590. The molecule has 0 atom stereocenters. The van der Waals surface area contributed by atoms with E-state index < -0.39 is 28.7 Å². The number of carbonyl (C=O) groups is 1. The van der Waals surface area contributed by atoms with Crippen LogP contribution < -0.4 is 5.43 Å². The summed E-state index contributed by atoms with van der Waals surface area (Å²) in [6, 6.07) is 4.16. The minimum absolute atomic E-state index is 0.170. The molecule has 0 unspecified atom stereocenters. The number of halogens is 2. The van der Waals surface area contributed by atoms with Gasteiger partial charge in [-0.15, -0.1) is 0 Å². The smallest absolute Gasteiger partial charge is 0.362 e. The lowest BCUT2D eigenvalue weighted by atomic mass is 10.3. The van der Waals surface area contributed by atoms with Gasteiger partial charge in [-0.05, 0) is 12.1 Å². The Hall–Kier alpha value is -2.57. The third-order valence-electron chi connectivity index (χ3n) is 2.35. The van der Waals surface area contributed by atoms with Gasteiger partial charge in [-0.3, -0.25) is 4.79 Å². The summed E-state index contributed by atoms with van der Waals surface area (Å²) in [4.78, 5) is 22.7. The molecule has 0 spiro atoms. The van der Waals surface area contributed by atoms with Crippen molar-refractivity contribution in [1.29, 1.82) is 0 Å². The molecule has 7 heteroatoms. The summed E-state index contributed by atoms with van der Waals surface area (Å²) in [7, 11) is 1.11. The number of benzene rings is 1. The highest BCUT2D eigenvalue weighted by Crippen LogP contribution is 2.11. The minimum atomic E-state index is -1.06. The van der Waals surface area contributed by atoms with E-state index in [2.05, 4.69) is 9.84 Å². The van der Waals surface area contributed by atoms with Gasteiger partial charge in [0.15, 0.2) is 11.6 Å². The number of methoxy groups -OCH3 is 1. The van der Waals surface area contributed by atoms with Gasteiger partial charge in [0.05, 0.1) is 12.8 Å². The fraction of sp³-hybridized carbons (Fsp3) is 0.0833. The van der Waals surface area contributed by atoms with Crippen LogP contribution in [-0.2, 0) is 4.74 Å². The van der Waals surface area contributed by atoms with Crippen molar-refractivity contribution in [2.45, 2.75) is 0 Å². The van der Waals surface area contributed by atoms with Crippen LogP contribution in [0.15, 0.2) is 35.3 Å². The van der Waals surface area contributed by atoms with Gasteiger partial charge < -0.3 is 4.74 Å². The van der Waals surface area contributed by atoms with Gasteiger partial charge in [0, 0.05) is 18.3 Å². The van der Waals surface area contributed by atoms with E-state index in [4.69, 9.17) is 0 Å². The predicted molar refractivity (Wildman–Crippen MR) is 61.1 cm³/mol. The summed E-state index contributed by atoms with van der Waals surface area (Å²) >= 11 is 0. The van der Waals surface area contributed by atoms with E-state index in [9.17, 15) is 18.4 Å². The number of hydrogen-bond acceptors (Lipinski definition) is 4. The first-order valence-corrected chi connectivity index (χ1v) is 5.16. The number of carbonyl (C=O) groups excluding carboxylic acids is 1. The van der Waals surface area contributed by atoms with E-state index >= 15 is 0 Å². The second kappa shape index (κ2) is 4.97. The van der Waals surface area contributed by atoms with Crippen LogP contribution in [0.3, 0.4) is 0 Å². The Morgan fingerprint density at radius 2 is 2.00 bits per heavy atom. The van der Waals surface area contributed by atoms with Crippen LogP contribution in [0.5, 0.6) is 0 Å². The molecule has 98 valence electrons. The van der Waals surface area contributed by atoms with Gasteiger partial charge in [-0.1, -0.05) is 0 Å². The zero-order chi connectivity index (χ0) is 14.0. The van der Waals surface area contributed by atoms with Crippen molar-refractivity contribution in [3.8, 4) is 5.69 Å². The van der Waals surface area contributed by atoms with Gasteiger partial charge in [-0.2, -0.15) is 5.10 Å². The second-order valence-corrected chi connectivity index (χ2v) is 3.56. The fourth-order valence-electron chi connectivity index (χ4n) is 1.42. The summed E-state index contributed by atoms with van der Waals surface area (Å²) in [5.74, 6) is -2.96. The average molecular weight is 266 g/mol. The zero-order valence-electron chi connectivity index (χ0n) is 9.76. The largest absolute Gasteiger partial charge is 0.464 e. The standard InChI is InChI=1S/C12H8F2N2O3/c1-19-12(18)11-10(17)4-5-16(15-11)7-2-3-8(13)9(14)6-7/h2-6H,1H3. The highest BCUT2D eigenvalue weighted by atomic mass is 19.2. The zero-order valence-corrected chi connectivity index (χ0v) is 9.76. The molecule has 0 aliphatic heterocycles. The predicted octanol–water partition coefficient (Wildman–Crippen LogP) is 1.30. The van der Waals surface area contributed by atoms with Crippen molar-refractivity contribution in [2.24, 2.45) is 0 Å². The molecule has 1 heterocycles. The van der Waals surface area contributed by atoms with E-state index in [-0.39, 0.29) is 5.69 Å². The molecule has 0 saturated heterocycles. The van der Waals surface area contributed by atoms with Crippen molar-refractivity contribution in [3.63, 3.8) is 0 Å². The maximum atomic E-state index is 13.1. The van der Waals surface area contributed by atoms with Crippen molar-refractivity contribution in [1.82, 2.24) is 9.78 Å². The molecule has 0 amide bonds. The molecular formula is C12H8F2N2O3. The first-order valence-electron chi connectivity index (χ1n) is 5.16. The van der Waals surface area contributed by atoms with Crippen molar-refractivity contribution in [2.75, 3.05) is 7.11 Å². The van der Waals surface area contributed by atoms with E-state index in [0.29, 0.717) is 0 Å². The quantitative estimate of drug-likeness (QED) is 0.769. The summed E-state index contributed by atoms with van der Waals surface area (Å²) in [5, 5.41) is 3.72. The first kappa shape index (κ1) is 12.9. The third kappa shape index (κ3) is 2.49. The van der Waals surface area contributed by atoms with Crippen LogP contribution in [0.2, 0.25) is 0 Å². The molecule has 0 radical (unpaired) electrons. The Labute approximate surface area is 106 Å². The number of nitrogens with zero attached hydrogens (tertiary/aromatic N) is 2. The van der Waals surface area contributed by atoms with Gasteiger partial charge >= 0.3 is 5.97 Å². The molecule has 0 aliphatic rings. The molecular weight excluding hydrogens is 258 g/mol. The Morgan fingerprint density at radius 3 is 2.63 bits per heavy atom. The van der Waals surface area contributed by atoms with Gasteiger partial charge in [-0.25, -0.2) is 18.3 Å². The lowest BCUT2D eigenvalue weighted by Gasteiger charge is -2.06. The first-order chi connectivity index (χ1) is 9.02. The topological polar surface area (TPSA) is 61.2 Å². The average Bonchev–Trinajstić information content (AvgIpc) is 2.41. The molecule has 2 rings (SSSR count). The summed E-state index contributed by atoms with van der Waals surface area (Å²) in [6.07, 6.45) is 1.24. The third-order valence-corrected chi connectivity index (χ3v) is 2.35. The summed E-state index contributed by atoms with van der Waals surface area (Å²) in [5.41, 5.74) is -0.885.